The number of hydrogen-bond donors (Lipinski definition) is 1. The third kappa shape index (κ3) is 2.07. The Labute approximate surface area is 85.9 Å². The molecule has 14 heavy (non-hydrogen) atoms. The molecule has 0 radical (unpaired) electrons. The van der Waals surface area contributed by atoms with Gasteiger partial charge in [-0.15, -0.1) is 0 Å². The Balaban J connectivity index is 1.97. The number of likely N-dealkylation sites (tertiary alicyclic amines) is 1. The summed E-state index contributed by atoms with van der Waals surface area (Å²) >= 11 is 0. The van der Waals surface area contributed by atoms with Gasteiger partial charge in [-0.05, 0) is 38.3 Å². The Hall–Kier alpha value is -0.600. The van der Waals surface area contributed by atoms with Gasteiger partial charge in [0, 0.05) is 6.54 Å². The highest BCUT2D eigenvalue weighted by molar-refractivity contribution is 5.12. The fourth-order valence-electron chi connectivity index (χ4n) is 2.52. The molecule has 2 nitrogen and oxygen atoms in total. The number of likely N-dealkylation sites (N-methyl/N-ethyl adjacent to an activating group) is 1. The van der Waals surface area contributed by atoms with Crippen molar-refractivity contribution in [2.45, 2.75) is 18.9 Å². The second-order valence-electron chi connectivity index (χ2n) is 4.49. The molecule has 0 aromatic carbocycles. The van der Waals surface area contributed by atoms with E-state index in [-0.39, 0.29) is 6.10 Å². The van der Waals surface area contributed by atoms with Crippen LogP contribution >= 0.6 is 0 Å². The van der Waals surface area contributed by atoms with E-state index in [1.807, 2.05) is 0 Å². The van der Waals surface area contributed by atoms with Crippen LogP contribution in [0, 0.1) is 11.8 Å². The molecule has 0 aromatic heterocycles. The van der Waals surface area contributed by atoms with E-state index in [1.54, 1.807) is 0 Å². The van der Waals surface area contributed by atoms with Crippen LogP contribution in [0.1, 0.15) is 12.8 Å². The lowest BCUT2D eigenvalue weighted by Crippen LogP contribution is -2.44. The zero-order valence-electron chi connectivity index (χ0n) is 8.76. The molecule has 2 heteroatoms. The molecule has 1 aliphatic carbocycles. The minimum atomic E-state index is -0.144. The Morgan fingerprint density at radius 1 is 1.36 bits per heavy atom. The Bertz CT molecular complexity index is 247. The third-order valence-electron chi connectivity index (χ3n) is 3.40. The molecule has 78 valence electrons. The number of hydrogen-bond acceptors (Lipinski definition) is 2. The maximum Gasteiger partial charge on any atom is 0.0701 e. The normalized spacial score (nSPS) is 38.9. The van der Waals surface area contributed by atoms with Crippen LogP contribution in [0.5, 0.6) is 0 Å². The fraction of sp³-hybridized carbons (Fsp3) is 0.667. The van der Waals surface area contributed by atoms with Crippen LogP contribution in [0.15, 0.2) is 24.3 Å². The first-order chi connectivity index (χ1) is 6.77. The summed E-state index contributed by atoms with van der Waals surface area (Å²) in [7, 11) is 2.08. The fourth-order valence-corrected chi connectivity index (χ4v) is 2.52. The third-order valence-corrected chi connectivity index (χ3v) is 3.40. The number of rotatable bonds is 1. The molecule has 1 N–H and O–H groups in total. The van der Waals surface area contributed by atoms with Gasteiger partial charge in [0.05, 0.1) is 6.10 Å². The van der Waals surface area contributed by atoms with Gasteiger partial charge in [0.15, 0.2) is 0 Å². The number of β-amino-alcohol motifs (C(OH)–C–C–N with tert-alkyl or cyclic N) is 1. The smallest absolute Gasteiger partial charge is 0.0701 e. The second-order valence-corrected chi connectivity index (χ2v) is 4.49. The topological polar surface area (TPSA) is 23.5 Å². The van der Waals surface area contributed by atoms with Gasteiger partial charge >= 0.3 is 0 Å². The summed E-state index contributed by atoms with van der Waals surface area (Å²) in [6, 6.07) is 0. The van der Waals surface area contributed by atoms with Crippen molar-refractivity contribution >= 4 is 0 Å². The molecule has 3 atom stereocenters. The van der Waals surface area contributed by atoms with Crippen molar-refractivity contribution in [3.05, 3.63) is 24.3 Å². The van der Waals surface area contributed by atoms with E-state index in [0.717, 1.165) is 25.9 Å². The van der Waals surface area contributed by atoms with Crippen LogP contribution in [0.3, 0.4) is 0 Å². The van der Waals surface area contributed by atoms with Crippen molar-refractivity contribution in [3.63, 3.8) is 0 Å². The quantitative estimate of drug-likeness (QED) is 0.681. The van der Waals surface area contributed by atoms with Gasteiger partial charge in [0.25, 0.3) is 0 Å². The van der Waals surface area contributed by atoms with Crippen LogP contribution < -0.4 is 0 Å². The minimum Gasteiger partial charge on any atom is -0.391 e. The van der Waals surface area contributed by atoms with Crippen LogP contribution in [0.25, 0.3) is 0 Å². The second kappa shape index (κ2) is 4.28. The highest BCUT2D eigenvalue weighted by atomic mass is 16.3. The first-order valence-electron chi connectivity index (χ1n) is 5.47. The van der Waals surface area contributed by atoms with Gasteiger partial charge in [-0.1, -0.05) is 24.3 Å². The minimum absolute atomic E-state index is 0.144. The Morgan fingerprint density at radius 2 is 2.21 bits per heavy atom. The van der Waals surface area contributed by atoms with Crippen molar-refractivity contribution in [1.29, 1.82) is 0 Å². The van der Waals surface area contributed by atoms with Crippen molar-refractivity contribution < 1.29 is 5.11 Å². The molecule has 0 saturated carbocycles. The number of piperidine rings is 1. The molecule has 1 aliphatic heterocycles. The van der Waals surface area contributed by atoms with Crippen LogP contribution in [-0.2, 0) is 0 Å². The molecular formula is C12H19NO. The number of aliphatic hydroxyl groups excluding tert-OH is 1. The highest BCUT2D eigenvalue weighted by Gasteiger charge is 2.30. The highest BCUT2D eigenvalue weighted by Crippen LogP contribution is 2.30. The summed E-state index contributed by atoms with van der Waals surface area (Å²) < 4.78 is 0. The van der Waals surface area contributed by atoms with E-state index < -0.39 is 0 Å². The SMILES string of the molecule is CN1CC[C@H](C2C=CC=CC2)[C@@H](O)C1. The predicted octanol–water partition coefficient (Wildman–Crippen LogP) is 1.43. The van der Waals surface area contributed by atoms with E-state index in [2.05, 4.69) is 36.3 Å². The number of nitrogens with zero attached hydrogens (tertiary/aromatic N) is 1. The molecule has 0 bridgehead atoms. The van der Waals surface area contributed by atoms with Gasteiger partial charge in [0.2, 0.25) is 0 Å². The Morgan fingerprint density at radius 3 is 2.86 bits per heavy atom. The zero-order valence-corrected chi connectivity index (χ0v) is 8.76. The monoisotopic (exact) mass is 193 g/mol. The molecule has 1 fully saturated rings. The molecule has 0 aromatic rings. The van der Waals surface area contributed by atoms with Crippen LogP contribution in [0.2, 0.25) is 0 Å². The van der Waals surface area contributed by atoms with Crippen LogP contribution in [0.4, 0.5) is 0 Å². The molecular weight excluding hydrogens is 174 g/mol. The zero-order chi connectivity index (χ0) is 9.97. The lowest BCUT2D eigenvalue weighted by molar-refractivity contribution is 0.0146. The standard InChI is InChI=1S/C12H19NO/c1-13-8-7-11(12(14)9-13)10-5-3-2-4-6-10/h2-5,10-12,14H,6-9H2,1H3/t10?,11-,12+/m1/s1. The summed E-state index contributed by atoms with van der Waals surface area (Å²) in [5.41, 5.74) is 0. The van der Waals surface area contributed by atoms with Gasteiger partial charge in [0.1, 0.15) is 0 Å². The average molecular weight is 193 g/mol. The van der Waals surface area contributed by atoms with Gasteiger partial charge in [-0.3, -0.25) is 0 Å². The lowest BCUT2D eigenvalue weighted by atomic mass is 9.79. The van der Waals surface area contributed by atoms with E-state index in [1.165, 1.54) is 0 Å². The summed E-state index contributed by atoms with van der Waals surface area (Å²) in [4.78, 5) is 2.21. The molecule has 0 amide bonds. The van der Waals surface area contributed by atoms with E-state index in [9.17, 15) is 5.11 Å². The van der Waals surface area contributed by atoms with Gasteiger partial charge in [-0.25, -0.2) is 0 Å². The summed E-state index contributed by atoms with van der Waals surface area (Å²) in [5.74, 6) is 1.02. The summed E-state index contributed by atoms with van der Waals surface area (Å²) in [5, 5.41) is 9.99. The summed E-state index contributed by atoms with van der Waals surface area (Å²) in [6.45, 7) is 1.95. The maximum absolute atomic E-state index is 9.99. The van der Waals surface area contributed by atoms with E-state index in [4.69, 9.17) is 0 Å². The first-order valence-corrected chi connectivity index (χ1v) is 5.47. The van der Waals surface area contributed by atoms with E-state index in [0.29, 0.717) is 11.8 Å². The van der Waals surface area contributed by atoms with Crippen molar-refractivity contribution in [2.75, 3.05) is 20.1 Å². The molecule has 2 aliphatic rings. The van der Waals surface area contributed by atoms with Gasteiger partial charge < -0.3 is 10.0 Å². The van der Waals surface area contributed by atoms with Crippen molar-refractivity contribution in [2.24, 2.45) is 11.8 Å². The largest absolute Gasteiger partial charge is 0.391 e. The van der Waals surface area contributed by atoms with E-state index >= 15 is 0 Å². The average Bonchev–Trinajstić information content (AvgIpc) is 2.19. The molecule has 1 heterocycles. The van der Waals surface area contributed by atoms with Crippen molar-refractivity contribution in [1.82, 2.24) is 4.90 Å². The maximum atomic E-state index is 9.99. The predicted molar refractivity (Wildman–Crippen MR) is 58.0 cm³/mol. The molecule has 1 saturated heterocycles. The summed E-state index contributed by atoms with van der Waals surface area (Å²) in [6.07, 6.45) is 10.7. The number of aliphatic hydroxyl groups is 1. The van der Waals surface area contributed by atoms with Crippen LogP contribution in [-0.4, -0.2) is 36.2 Å². The molecule has 2 rings (SSSR count). The first kappa shape index (κ1) is 9.94. The molecule has 0 spiro atoms. The molecule has 1 unspecified atom stereocenters. The van der Waals surface area contributed by atoms with Gasteiger partial charge in [-0.2, -0.15) is 0 Å². The van der Waals surface area contributed by atoms with Crippen molar-refractivity contribution in [3.8, 4) is 0 Å². The lowest BCUT2D eigenvalue weighted by Gasteiger charge is -2.37. The Kier molecular flexibility index (Phi) is 3.04. The number of allylic oxidation sites excluding steroid dienone is 4.